The SMILES string of the molecule is CCOc1cncc(C(O)C2(O)CCC(C)CC2)c1. The van der Waals surface area contributed by atoms with E-state index in [1.165, 1.54) is 0 Å². The molecule has 1 aromatic rings. The van der Waals surface area contributed by atoms with Crippen molar-refractivity contribution in [1.82, 2.24) is 4.98 Å². The molecule has 2 N–H and O–H groups in total. The van der Waals surface area contributed by atoms with Crippen molar-refractivity contribution in [2.75, 3.05) is 6.61 Å². The fraction of sp³-hybridized carbons (Fsp3) is 0.667. The number of ether oxygens (including phenoxy) is 1. The molecule has 1 unspecified atom stereocenters. The summed E-state index contributed by atoms with van der Waals surface area (Å²) in [5.41, 5.74) is -0.401. The molecule has 0 bridgehead atoms. The molecule has 0 aromatic carbocycles. The second-order valence-corrected chi connectivity index (χ2v) is 5.58. The lowest BCUT2D eigenvalue weighted by molar-refractivity contribution is -0.105. The molecule has 0 radical (unpaired) electrons. The first-order valence-electron chi connectivity index (χ1n) is 7.03. The van der Waals surface area contributed by atoms with Gasteiger partial charge in [0.1, 0.15) is 11.9 Å². The Labute approximate surface area is 114 Å². The monoisotopic (exact) mass is 265 g/mol. The Morgan fingerprint density at radius 3 is 2.74 bits per heavy atom. The zero-order valence-corrected chi connectivity index (χ0v) is 11.7. The second-order valence-electron chi connectivity index (χ2n) is 5.58. The molecule has 0 saturated heterocycles. The van der Waals surface area contributed by atoms with Gasteiger partial charge >= 0.3 is 0 Å². The smallest absolute Gasteiger partial charge is 0.137 e. The van der Waals surface area contributed by atoms with Gasteiger partial charge in [-0.3, -0.25) is 4.98 Å². The van der Waals surface area contributed by atoms with Crippen LogP contribution in [0.2, 0.25) is 0 Å². The molecular weight excluding hydrogens is 242 g/mol. The van der Waals surface area contributed by atoms with Crippen LogP contribution in [-0.2, 0) is 0 Å². The van der Waals surface area contributed by atoms with Crippen molar-refractivity contribution < 1.29 is 14.9 Å². The molecule has 106 valence electrons. The van der Waals surface area contributed by atoms with E-state index in [2.05, 4.69) is 11.9 Å². The van der Waals surface area contributed by atoms with Gasteiger partial charge in [0.05, 0.1) is 18.4 Å². The van der Waals surface area contributed by atoms with Crippen LogP contribution in [0.25, 0.3) is 0 Å². The van der Waals surface area contributed by atoms with Gasteiger partial charge in [0.25, 0.3) is 0 Å². The van der Waals surface area contributed by atoms with Gasteiger partial charge < -0.3 is 14.9 Å². The first kappa shape index (κ1) is 14.3. The second kappa shape index (κ2) is 5.88. The third-order valence-corrected chi connectivity index (χ3v) is 4.01. The lowest BCUT2D eigenvalue weighted by atomic mass is 9.75. The summed E-state index contributed by atoms with van der Waals surface area (Å²) in [6, 6.07) is 1.76. The van der Waals surface area contributed by atoms with Gasteiger partial charge in [0.15, 0.2) is 0 Å². The summed E-state index contributed by atoms with van der Waals surface area (Å²) in [5.74, 6) is 1.26. The van der Waals surface area contributed by atoms with E-state index in [1.54, 1.807) is 18.5 Å². The summed E-state index contributed by atoms with van der Waals surface area (Å²) in [6.07, 6.45) is 5.49. The normalized spacial score (nSPS) is 28.9. The van der Waals surface area contributed by atoms with Crippen LogP contribution in [0.5, 0.6) is 5.75 Å². The van der Waals surface area contributed by atoms with Gasteiger partial charge in [-0.1, -0.05) is 6.92 Å². The largest absolute Gasteiger partial charge is 0.492 e. The summed E-state index contributed by atoms with van der Waals surface area (Å²) in [5, 5.41) is 21.1. The van der Waals surface area contributed by atoms with Crippen LogP contribution in [0, 0.1) is 5.92 Å². The van der Waals surface area contributed by atoms with Crippen LogP contribution in [-0.4, -0.2) is 27.4 Å². The molecule has 4 nitrogen and oxygen atoms in total. The fourth-order valence-electron chi connectivity index (χ4n) is 2.68. The van der Waals surface area contributed by atoms with E-state index >= 15 is 0 Å². The maximum Gasteiger partial charge on any atom is 0.137 e. The van der Waals surface area contributed by atoms with Crippen molar-refractivity contribution >= 4 is 0 Å². The first-order valence-corrected chi connectivity index (χ1v) is 7.03. The van der Waals surface area contributed by atoms with E-state index in [0.29, 0.717) is 36.7 Å². The maximum atomic E-state index is 10.6. The summed E-state index contributed by atoms with van der Waals surface area (Å²) < 4.78 is 5.38. The number of aliphatic hydroxyl groups is 2. The van der Waals surface area contributed by atoms with E-state index < -0.39 is 11.7 Å². The lowest BCUT2D eigenvalue weighted by Gasteiger charge is -2.38. The molecule has 1 aliphatic rings. The van der Waals surface area contributed by atoms with Crippen LogP contribution in [0.4, 0.5) is 0 Å². The number of hydrogen-bond acceptors (Lipinski definition) is 4. The number of rotatable bonds is 4. The molecule has 1 atom stereocenters. The van der Waals surface area contributed by atoms with Crippen molar-refractivity contribution in [3.63, 3.8) is 0 Å². The Kier molecular flexibility index (Phi) is 4.42. The highest BCUT2D eigenvalue weighted by Crippen LogP contribution is 2.40. The van der Waals surface area contributed by atoms with E-state index in [1.807, 2.05) is 6.92 Å². The van der Waals surface area contributed by atoms with Gasteiger partial charge in [-0.15, -0.1) is 0 Å². The molecule has 1 fully saturated rings. The molecule has 1 saturated carbocycles. The van der Waals surface area contributed by atoms with Crippen molar-refractivity contribution in [3.05, 3.63) is 24.0 Å². The van der Waals surface area contributed by atoms with Gasteiger partial charge in [-0.25, -0.2) is 0 Å². The van der Waals surface area contributed by atoms with Gasteiger partial charge in [-0.05, 0) is 44.6 Å². The Bertz CT molecular complexity index is 414. The Morgan fingerprint density at radius 1 is 1.42 bits per heavy atom. The average Bonchev–Trinajstić information content (AvgIpc) is 2.42. The Hall–Kier alpha value is -1.13. The number of pyridine rings is 1. The van der Waals surface area contributed by atoms with Crippen LogP contribution >= 0.6 is 0 Å². The molecule has 1 aromatic heterocycles. The summed E-state index contributed by atoms with van der Waals surface area (Å²) in [6.45, 7) is 4.64. The minimum absolute atomic E-state index is 0.559. The Balaban J connectivity index is 2.14. The maximum absolute atomic E-state index is 10.6. The predicted octanol–water partition coefficient (Wildman–Crippen LogP) is 2.45. The lowest BCUT2D eigenvalue weighted by Crippen LogP contribution is -2.39. The molecule has 0 aliphatic heterocycles. The topological polar surface area (TPSA) is 62.6 Å². The molecule has 0 amide bonds. The van der Waals surface area contributed by atoms with E-state index in [0.717, 1.165) is 12.8 Å². The molecular formula is C15H23NO3. The third-order valence-electron chi connectivity index (χ3n) is 4.01. The predicted molar refractivity (Wildman–Crippen MR) is 72.9 cm³/mol. The van der Waals surface area contributed by atoms with Crippen LogP contribution < -0.4 is 4.74 Å². The standard InChI is InChI=1S/C15H23NO3/c1-3-19-13-8-12(9-16-10-13)14(17)15(18)6-4-11(2)5-7-15/h8-11,14,17-18H,3-7H2,1-2H3. The average molecular weight is 265 g/mol. The molecule has 2 rings (SSSR count). The van der Waals surface area contributed by atoms with Crippen molar-refractivity contribution in [1.29, 1.82) is 0 Å². The number of aliphatic hydroxyl groups excluding tert-OH is 1. The molecule has 1 aliphatic carbocycles. The Morgan fingerprint density at radius 2 is 2.11 bits per heavy atom. The van der Waals surface area contributed by atoms with Crippen molar-refractivity contribution in [3.8, 4) is 5.75 Å². The van der Waals surface area contributed by atoms with E-state index in [4.69, 9.17) is 4.74 Å². The summed E-state index contributed by atoms with van der Waals surface area (Å²) in [7, 11) is 0. The number of hydrogen-bond donors (Lipinski definition) is 2. The van der Waals surface area contributed by atoms with Gasteiger partial charge in [0.2, 0.25) is 0 Å². The first-order chi connectivity index (χ1) is 9.05. The molecule has 19 heavy (non-hydrogen) atoms. The molecule has 4 heteroatoms. The highest BCUT2D eigenvalue weighted by atomic mass is 16.5. The number of nitrogens with zero attached hydrogens (tertiary/aromatic N) is 1. The number of aromatic nitrogens is 1. The highest BCUT2D eigenvalue weighted by molar-refractivity contribution is 5.27. The molecule has 0 spiro atoms. The van der Waals surface area contributed by atoms with Gasteiger partial charge in [-0.2, -0.15) is 0 Å². The zero-order chi connectivity index (χ0) is 13.9. The minimum Gasteiger partial charge on any atom is -0.492 e. The summed E-state index contributed by atoms with van der Waals surface area (Å²) in [4.78, 5) is 4.07. The van der Waals surface area contributed by atoms with Crippen LogP contribution in [0.15, 0.2) is 18.5 Å². The highest BCUT2D eigenvalue weighted by Gasteiger charge is 2.39. The van der Waals surface area contributed by atoms with Gasteiger partial charge in [0, 0.05) is 11.8 Å². The summed E-state index contributed by atoms with van der Waals surface area (Å²) >= 11 is 0. The van der Waals surface area contributed by atoms with Crippen molar-refractivity contribution in [2.24, 2.45) is 5.92 Å². The van der Waals surface area contributed by atoms with Crippen LogP contribution in [0.3, 0.4) is 0 Å². The van der Waals surface area contributed by atoms with E-state index in [-0.39, 0.29) is 0 Å². The minimum atomic E-state index is -1.03. The fourth-order valence-corrected chi connectivity index (χ4v) is 2.68. The molecule has 1 heterocycles. The van der Waals surface area contributed by atoms with E-state index in [9.17, 15) is 10.2 Å². The van der Waals surface area contributed by atoms with Crippen molar-refractivity contribution in [2.45, 2.75) is 51.2 Å². The quantitative estimate of drug-likeness (QED) is 0.877. The zero-order valence-electron chi connectivity index (χ0n) is 11.7. The third kappa shape index (κ3) is 3.25. The van der Waals surface area contributed by atoms with Crippen LogP contribution in [0.1, 0.15) is 51.2 Å².